The summed E-state index contributed by atoms with van der Waals surface area (Å²) in [5.74, 6) is 0. The molecule has 4 rings (SSSR count). The number of thiophene rings is 1. The van der Waals surface area contributed by atoms with Gasteiger partial charge in [0, 0.05) is 42.1 Å². The molecule has 7 heteroatoms. The second-order valence-corrected chi connectivity index (χ2v) is 8.78. The number of pyridine rings is 1. The van der Waals surface area contributed by atoms with E-state index in [0.29, 0.717) is 0 Å². The molecule has 4 heterocycles. The summed E-state index contributed by atoms with van der Waals surface area (Å²) < 4.78 is 5.45. The summed E-state index contributed by atoms with van der Waals surface area (Å²) in [5.41, 5.74) is 1.05. The Morgan fingerprint density at radius 1 is 1.22 bits per heavy atom. The molecule has 0 aliphatic carbocycles. The molecule has 2 aromatic rings. The third-order valence-corrected chi connectivity index (χ3v) is 6.65. The van der Waals surface area contributed by atoms with E-state index in [1.807, 2.05) is 29.7 Å². The lowest BCUT2D eigenvalue weighted by Gasteiger charge is -2.30. The van der Waals surface area contributed by atoms with Crippen LogP contribution in [0.3, 0.4) is 0 Å². The molecule has 2 saturated heterocycles. The Labute approximate surface area is 170 Å². The van der Waals surface area contributed by atoms with Gasteiger partial charge >= 0.3 is 0 Å². The van der Waals surface area contributed by atoms with E-state index in [4.69, 9.17) is 17.0 Å². The van der Waals surface area contributed by atoms with Crippen LogP contribution in [-0.2, 0) is 4.74 Å². The van der Waals surface area contributed by atoms with Gasteiger partial charge in [0.25, 0.3) is 0 Å². The molecule has 0 spiro atoms. The Balaban J connectivity index is 1.50. The summed E-state index contributed by atoms with van der Waals surface area (Å²) in [6.07, 6.45) is 2.95. The van der Waals surface area contributed by atoms with Crippen molar-refractivity contribution in [3.05, 3.63) is 52.0 Å². The molecule has 2 aliphatic heterocycles. The highest BCUT2D eigenvalue weighted by Crippen LogP contribution is 2.41. The number of ether oxygens (including phenoxy) is 1. The molecule has 5 nitrogen and oxygen atoms in total. The first-order chi connectivity index (χ1) is 13.2. The molecule has 0 bridgehead atoms. The third kappa shape index (κ3) is 4.32. The van der Waals surface area contributed by atoms with Gasteiger partial charge < -0.3 is 15.0 Å². The van der Waals surface area contributed by atoms with E-state index in [1.54, 1.807) is 0 Å². The fourth-order valence-electron chi connectivity index (χ4n) is 3.86. The minimum atomic E-state index is 0.0973. The quantitative estimate of drug-likeness (QED) is 0.749. The van der Waals surface area contributed by atoms with Gasteiger partial charge in [0.1, 0.15) is 0 Å². The molecule has 1 N–H and O–H groups in total. The normalized spacial score (nSPS) is 23.6. The van der Waals surface area contributed by atoms with Crippen LogP contribution in [0.1, 0.15) is 34.0 Å². The molecule has 2 aliphatic rings. The van der Waals surface area contributed by atoms with Crippen molar-refractivity contribution in [2.24, 2.45) is 0 Å². The highest BCUT2D eigenvalue weighted by atomic mass is 32.1. The predicted octanol–water partition coefficient (Wildman–Crippen LogP) is 3.15. The average Bonchev–Trinajstić information content (AvgIpc) is 3.27. The third-order valence-electron chi connectivity index (χ3n) is 5.23. The van der Waals surface area contributed by atoms with Crippen LogP contribution < -0.4 is 5.32 Å². The van der Waals surface area contributed by atoms with E-state index >= 15 is 0 Å². The van der Waals surface area contributed by atoms with Crippen molar-refractivity contribution in [3.63, 3.8) is 0 Å². The Hall–Kier alpha value is -1.54. The summed E-state index contributed by atoms with van der Waals surface area (Å²) >= 11 is 7.58. The van der Waals surface area contributed by atoms with Crippen LogP contribution in [-0.4, -0.2) is 59.3 Å². The predicted molar refractivity (Wildman–Crippen MR) is 113 cm³/mol. The van der Waals surface area contributed by atoms with Gasteiger partial charge in [0.15, 0.2) is 5.11 Å². The lowest BCUT2D eigenvalue weighted by atomic mass is 10.0. The number of hydrogen-bond donors (Lipinski definition) is 1. The van der Waals surface area contributed by atoms with Crippen LogP contribution in [0.25, 0.3) is 0 Å². The first kappa shape index (κ1) is 18.8. The van der Waals surface area contributed by atoms with Crippen molar-refractivity contribution in [1.82, 2.24) is 20.1 Å². The molecule has 0 radical (unpaired) electrons. The largest absolute Gasteiger partial charge is 0.379 e. The monoisotopic (exact) mass is 402 g/mol. The van der Waals surface area contributed by atoms with Gasteiger partial charge in [0.05, 0.1) is 31.0 Å². The summed E-state index contributed by atoms with van der Waals surface area (Å²) in [6.45, 7) is 7.97. The fourth-order valence-corrected chi connectivity index (χ4v) is 5.22. The van der Waals surface area contributed by atoms with Gasteiger partial charge in [-0.05, 0) is 49.8 Å². The summed E-state index contributed by atoms with van der Waals surface area (Å²) in [6, 6.07) is 10.8. The topological polar surface area (TPSA) is 40.6 Å². The van der Waals surface area contributed by atoms with Crippen LogP contribution in [0, 0.1) is 6.92 Å². The summed E-state index contributed by atoms with van der Waals surface area (Å²) in [7, 11) is 0. The minimum absolute atomic E-state index is 0.0973. The van der Waals surface area contributed by atoms with E-state index in [0.717, 1.165) is 56.6 Å². The van der Waals surface area contributed by atoms with Crippen molar-refractivity contribution in [3.8, 4) is 0 Å². The minimum Gasteiger partial charge on any atom is -0.379 e. The Morgan fingerprint density at radius 2 is 2.07 bits per heavy atom. The maximum Gasteiger partial charge on any atom is 0.170 e. The van der Waals surface area contributed by atoms with E-state index in [2.05, 4.69) is 45.2 Å². The zero-order chi connectivity index (χ0) is 18.6. The second-order valence-electron chi connectivity index (χ2n) is 7.08. The van der Waals surface area contributed by atoms with E-state index in [1.165, 1.54) is 9.75 Å². The van der Waals surface area contributed by atoms with Gasteiger partial charge in [-0.25, -0.2) is 0 Å². The Bertz CT molecular complexity index is 760. The van der Waals surface area contributed by atoms with Gasteiger partial charge in [-0.15, -0.1) is 11.3 Å². The Kier molecular flexibility index (Phi) is 6.02. The number of hydrogen-bond acceptors (Lipinski definition) is 5. The smallest absolute Gasteiger partial charge is 0.170 e. The van der Waals surface area contributed by atoms with Gasteiger partial charge in [-0.1, -0.05) is 6.07 Å². The number of thiocarbonyl (C=S) groups is 1. The summed E-state index contributed by atoms with van der Waals surface area (Å²) in [5, 5.41) is 4.37. The zero-order valence-corrected chi connectivity index (χ0v) is 17.3. The molecule has 27 heavy (non-hydrogen) atoms. The number of aromatic nitrogens is 1. The second kappa shape index (κ2) is 8.65. The van der Waals surface area contributed by atoms with Gasteiger partial charge in [-0.3, -0.25) is 9.88 Å². The van der Waals surface area contributed by atoms with Crippen molar-refractivity contribution >= 4 is 28.7 Å². The van der Waals surface area contributed by atoms with Crippen molar-refractivity contribution < 1.29 is 4.74 Å². The molecule has 2 atom stereocenters. The highest BCUT2D eigenvalue weighted by Gasteiger charge is 2.40. The number of nitrogens with one attached hydrogen (secondary N) is 1. The fraction of sp³-hybridized carbons (Fsp3) is 0.500. The SMILES string of the molecule is Cc1ccc([C@@H]2[C@@H](c3ccccn3)NC(=S)N2CCCN2CCOCC2)s1. The molecular weight excluding hydrogens is 376 g/mol. The van der Waals surface area contributed by atoms with Gasteiger partial charge in [-0.2, -0.15) is 0 Å². The number of morpholine rings is 1. The van der Waals surface area contributed by atoms with Gasteiger partial charge in [0.2, 0.25) is 0 Å². The molecule has 0 saturated carbocycles. The number of aryl methyl sites for hydroxylation is 1. The summed E-state index contributed by atoms with van der Waals surface area (Å²) in [4.78, 5) is 12.1. The van der Waals surface area contributed by atoms with Crippen LogP contribution in [0.2, 0.25) is 0 Å². The van der Waals surface area contributed by atoms with Crippen molar-refractivity contribution in [1.29, 1.82) is 0 Å². The standard InChI is InChI=1S/C20H26N4OS2/c1-15-6-7-17(27-15)19-18(16-5-2-3-8-21-16)22-20(26)24(19)10-4-9-23-11-13-25-14-12-23/h2-3,5-8,18-19H,4,9-14H2,1H3,(H,22,26)/t18-,19-/m1/s1. The highest BCUT2D eigenvalue weighted by molar-refractivity contribution is 7.80. The van der Waals surface area contributed by atoms with E-state index in [-0.39, 0.29) is 12.1 Å². The van der Waals surface area contributed by atoms with Crippen LogP contribution in [0.15, 0.2) is 36.5 Å². The molecular formula is C20H26N4OS2. The maximum atomic E-state index is 5.73. The van der Waals surface area contributed by atoms with Crippen LogP contribution >= 0.6 is 23.6 Å². The van der Waals surface area contributed by atoms with E-state index in [9.17, 15) is 0 Å². The lowest BCUT2D eigenvalue weighted by molar-refractivity contribution is 0.0366. The zero-order valence-electron chi connectivity index (χ0n) is 15.6. The van der Waals surface area contributed by atoms with E-state index < -0.39 is 0 Å². The number of rotatable bonds is 6. The first-order valence-corrected chi connectivity index (χ1v) is 10.8. The van der Waals surface area contributed by atoms with Crippen LogP contribution in [0.5, 0.6) is 0 Å². The molecule has 0 amide bonds. The number of nitrogens with zero attached hydrogens (tertiary/aromatic N) is 3. The molecule has 0 unspecified atom stereocenters. The molecule has 0 aromatic carbocycles. The average molecular weight is 403 g/mol. The first-order valence-electron chi connectivity index (χ1n) is 9.57. The molecule has 2 aromatic heterocycles. The molecule has 144 valence electrons. The van der Waals surface area contributed by atoms with Crippen molar-refractivity contribution in [2.75, 3.05) is 39.4 Å². The lowest BCUT2D eigenvalue weighted by Crippen LogP contribution is -2.38. The van der Waals surface area contributed by atoms with Crippen LogP contribution in [0.4, 0.5) is 0 Å². The Morgan fingerprint density at radius 3 is 2.78 bits per heavy atom. The molecule has 2 fully saturated rings. The van der Waals surface area contributed by atoms with Crippen molar-refractivity contribution in [2.45, 2.75) is 25.4 Å². The maximum absolute atomic E-state index is 5.73.